The number of aromatic nitrogens is 1. The number of anilines is 1. The van der Waals surface area contributed by atoms with Crippen LogP contribution in [0, 0.1) is 11.6 Å². The second-order valence-corrected chi connectivity index (χ2v) is 7.76. The SMILES string of the molecule is O=C(c1cc(F)cc(F)c1)c1cc(Cl)ccc1OCCNc1ccc2ncsc2c1. The number of nitrogens with zero attached hydrogens (tertiary/aromatic N) is 1. The number of hydrogen-bond acceptors (Lipinski definition) is 5. The van der Waals surface area contributed by atoms with Crippen LogP contribution in [-0.4, -0.2) is 23.9 Å². The fourth-order valence-corrected chi connectivity index (χ4v) is 3.86. The Morgan fingerprint density at radius 2 is 1.87 bits per heavy atom. The molecular weight excluding hydrogens is 430 g/mol. The molecule has 1 aromatic heterocycles. The van der Waals surface area contributed by atoms with E-state index in [1.54, 1.807) is 29.0 Å². The molecule has 4 rings (SSSR count). The number of rotatable bonds is 7. The third-order valence-electron chi connectivity index (χ3n) is 4.33. The van der Waals surface area contributed by atoms with Crippen molar-refractivity contribution < 1.29 is 18.3 Å². The second kappa shape index (κ2) is 8.77. The largest absolute Gasteiger partial charge is 0.491 e. The summed E-state index contributed by atoms with van der Waals surface area (Å²) in [4.78, 5) is 17.0. The summed E-state index contributed by atoms with van der Waals surface area (Å²) in [5.41, 5.74) is 3.69. The van der Waals surface area contributed by atoms with Crippen LogP contribution < -0.4 is 10.1 Å². The van der Waals surface area contributed by atoms with Gasteiger partial charge in [-0.25, -0.2) is 13.8 Å². The molecule has 0 unspecified atom stereocenters. The molecule has 0 atom stereocenters. The van der Waals surface area contributed by atoms with E-state index in [2.05, 4.69) is 10.3 Å². The van der Waals surface area contributed by atoms with Crippen molar-refractivity contribution in [3.63, 3.8) is 0 Å². The average Bonchev–Trinajstić information content (AvgIpc) is 3.18. The van der Waals surface area contributed by atoms with Crippen molar-refractivity contribution in [2.45, 2.75) is 0 Å². The first-order valence-corrected chi connectivity index (χ1v) is 10.3. The molecule has 30 heavy (non-hydrogen) atoms. The van der Waals surface area contributed by atoms with E-state index in [-0.39, 0.29) is 23.5 Å². The summed E-state index contributed by atoms with van der Waals surface area (Å²) in [7, 11) is 0. The number of carbonyl (C=O) groups is 1. The Bertz CT molecular complexity index is 1210. The number of carbonyl (C=O) groups excluding carboxylic acids is 1. The average molecular weight is 445 g/mol. The summed E-state index contributed by atoms with van der Waals surface area (Å²) in [6.07, 6.45) is 0. The predicted molar refractivity (Wildman–Crippen MR) is 115 cm³/mol. The molecule has 0 bridgehead atoms. The minimum absolute atomic E-state index is 0.115. The molecule has 0 saturated carbocycles. The first-order valence-electron chi connectivity index (χ1n) is 9.00. The van der Waals surface area contributed by atoms with Crippen molar-refractivity contribution >= 4 is 44.6 Å². The van der Waals surface area contributed by atoms with Gasteiger partial charge >= 0.3 is 0 Å². The highest BCUT2D eigenvalue weighted by atomic mass is 35.5. The lowest BCUT2D eigenvalue weighted by molar-refractivity contribution is 0.103. The Morgan fingerprint density at radius 3 is 2.67 bits per heavy atom. The lowest BCUT2D eigenvalue weighted by atomic mass is 10.0. The van der Waals surface area contributed by atoms with Crippen LogP contribution in [0.4, 0.5) is 14.5 Å². The topological polar surface area (TPSA) is 51.2 Å². The quantitative estimate of drug-likeness (QED) is 0.282. The highest BCUT2D eigenvalue weighted by Crippen LogP contribution is 2.26. The van der Waals surface area contributed by atoms with E-state index in [9.17, 15) is 13.6 Å². The zero-order valence-corrected chi connectivity index (χ0v) is 17.1. The first-order chi connectivity index (χ1) is 14.5. The van der Waals surface area contributed by atoms with Crippen molar-refractivity contribution in [2.24, 2.45) is 0 Å². The lowest BCUT2D eigenvalue weighted by Gasteiger charge is -2.13. The highest BCUT2D eigenvalue weighted by Gasteiger charge is 2.17. The van der Waals surface area contributed by atoms with Gasteiger partial charge in [0.1, 0.15) is 24.0 Å². The van der Waals surface area contributed by atoms with E-state index in [1.165, 1.54) is 6.07 Å². The van der Waals surface area contributed by atoms with Gasteiger partial charge in [-0.15, -0.1) is 11.3 Å². The highest BCUT2D eigenvalue weighted by molar-refractivity contribution is 7.16. The smallest absolute Gasteiger partial charge is 0.197 e. The van der Waals surface area contributed by atoms with Crippen molar-refractivity contribution in [2.75, 3.05) is 18.5 Å². The van der Waals surface area contributed by atoms with Crippen LogP contribution in [0.15, 0.2) is 60.1 Å². The molecule has 0 aliphatic carbocycles. The van der Waals surface area contributed by atoms with Gasteiger partial charge in [0, 0.05) is 28.9 Å². The minimum atomic E-state index is -0.829. The monoisotopic (exact) mass is 444 g/mol. The van der Waals surface area contributed by atoms with E-state index < -0.39 is 17.4 Å². The standard InChI is InChI=1S/C22H15ClF2N2O2S/c23-14-1-4-20(18(9-14)22(28)13-7-15(24)10-16(25)8-13)29-6-5-26-17-2-3-19-21(11-17)30-12-27-19/h1-4,7-12,26H,5-6H2. The lowest BCUT2D eigenvalue weighted by Crippen LogP contribution is -2.13. The summed E-state index contributed by atoms with van der Waals surface area (Å²) < 4.78 is 33.8. The molecule has 0 saturated heterocycles. The van der Waals surface area contributed by atoms with Gasteiger partial charge in [-0.1, -0.05) is 11.6 Å². The Labute approximate surface area is 180 Å². The molecule has 8 heteroatoms. The maximum atomic E-state index is 13.5. The van der Waals surface area contributed by atoms with Crippen molar-refractivity contribution in [3.8, 4) is 5.75 Å². The molecule has 0 amide bonds. The molecule has 4 aromatic rings. The Hall–Kier alpha value is -3.03. The molecule has 152 valence electrons. The van der Waals surface area contributed by atoms with Crippen LogP contribution in [0.5, 0.6) is 5.75 Å². The van der Waals surface area contributed by atoms with Gasteiger partial charge in [-0.2, -0.15) is 0 Å². The molecule has 3 aromatic carbocycles. The molecule has 1 N–H and O–H groups in total. The summed E-state index contributed by atoms with van der Waals surface area (Å²) in [5, 5.41) is 3.57. The molecule has 1 heterocycles. The van der Waals surface area contributed by atoms with Gasteiger partial charge in [-0.05, 0) is 48.5 Å². The van der Waals surface area contributed by atoms with Crippen LogP contribution in [0.25, 0.3) is 10.2 Å². The third-order valence-corrected chi connectivity index (χ3v) is 5.36. The van der Waals surface area contributed by atoms with Gasteiger partial charge in [0.15, 0.2) is 5.78 Å². The van der Waals surface area contributed by atoms with Gasteiger partial charge in [-0.3, -0.25) is 4.79 Å². The third kappa shape index (κ3) is 4.58. The van der Waals surface area contributed by atoms with Crippen LogP contribution in [0.2, 0.25) is 5.02 Å². The summed E-state index contributed by atoms with van der Waals surface area (Å²) in [6, 6.07) is 13.1. The zero-order chi connectivity index (χ0) is 21.1. The zero-order valence-electron chi connectivity index (χ0n) is 15.5. The maximum Gasteiger partial charge on any atom is 0.197 e. The normalized spacial score (nSPS) is 10.9. The van der Waals surface area contributed by atoms with Crippen molar-refractivity contribution in [1.82, 2.24) is 4.98 Å². The molecule has 0 aliphatic heterocycles. The van der Waals surface area contributed by atoms with Crippen LogP contribution >= 0.6 is 22.9 Å². The number of ketones is 1. The summed E-state index contributed by atoms with van der Waals surface area (Å²) in [6.45, 7) is 0.745. The fourth-order valence-electron chi connectivity index (χ4n) is 2.97. The predicted octanol–water partition coefficient (Wildman–Crippen LogP) is 5.95. The van der Waals surface area contributed by atoms with Crippen LogP contribution in [-0.2, 0) is 0 Å². The number of hydrogen-bond donors (Lipinski definition) is 1. The molecular formula is C22H15ClF2N2O2S. The van der Waals surface area contributed by atoms with Crippen LogP contribution in [0.1, 0.15) is 15.9 Å². The Balaban J connectivity index is 1.45. The number of ether oxygens (including phenoxy) is 1. The van der Waals surface area contributed by atoms with Crippen molar-refractivity contribution in [3.05, 3.63) is 87.9 Å². The Kier molecular flexibility index (Phi) is 5.92. The fraction of sp³-hybridized carbons (Fsp3) is 0.0909. The maximum absolute atomic E-state index is 13.5. The number of halogens is 3. The molecule has 0 spiro atoms. The first kappa shape index (κ1) is 20.3. The number of fused-ring (bicyclic) bond motifs is 1. The molecule has 0 fully saturated rings. The molecule has 4 nitrogen and oxygen atoms in total. The van der Waals surface area contributed by atoms with Crippen LogP contribution in [0.3, 0.4) is 0 Å². The van der Waals surface area contributed by atoms with Gasteiger partial charge < -0.3 is 10.1 Å². The minimum Gasteiger partial charge on any atom is -0.491 e. The van der Waals surface area contributed by atoms with Gasteiger partial charge in [0.25, 0.3) is 0 Å². The number of benzene rings is 3. The van der Waals surface area contributed by atoms with E-state index in [0.717, 1.165) is 28.0 Å². The number of thiazole rings is 1. The van der Waals surface area contributed by atoms with Crippen molar-refractivity contribution in [1.29, 1.82) is 0 Å². The second-order valence-electron chi connectivity index (χ2n) is 6.44. The van der Waals surface area contributed by atoms with E-state index in [1.807, 2.05) is 18.2 Å². The molecule has 0 radical (unpaired) electrons. The van der Waals surface area contributed by atoms with Gasteiger partial charge in [0.05, 0.1) is 21.3 Å². The van der Waals surface area contributed by atoms with E-state index in [4.69, 9.17) is 16.3 Å². The number of nitrogens with one attached hydrogen (secondary N) is 1. The summed E-state index contributed by atoms with van der Waals surface area (Å²) in [5.74, 6) is -1.95. The molecule has 0 aliphatic rings. The van der Waals surface area contributed by atoms with Gasteiger partial charge in [0.2, 0.25) is 0 Å². The van der Waals surface area contributed by atoms with E-state index in [0.29, 0.717) is 17.6 Å². The Morgan fingerprint density at radius 1 is 1.07 bits per heavy atom. The summed E-state index contributed by atoms with van der Waals surface area (Å²) >= 11 is 7.58. The van der Waals surface area contributed by atoms with E-state index >= 15 is 0 Å².